The monoisotopic (exact) mass is 204 g/mol. The normalized spacial score (nSPS) is 10.0. The number of thioether (sulfide) groups is 1. The molecule has 0 rings (SSSR count). The van der Waals surface area contributed by atoms with Crippen LogP contribution in [0.15, 0.2) is 0 Å². The van der Waals surface area contributed by atoms with Gasteiger partial charge in [0, 0.05) is 24.6 Å². The van der Waals surface area contributed by atoms with Crippen LogP contribution in [0.4, 0.5) is 0 Å². The van der Waals surface area contributed by atoms with Crippen molar-refractivity contribution in [2.75, 3.05) is 18.2 Å². The smallest absolute Gasteiger partial charge is 0.220 e. The van der Waals surface area contributed by atoms with Gasteiger partial charge in [0.1, 0.15) is 0 Å². The van der Waals surface area contributed by atoms with Crippen LogP contribution in [0.3, 0.4) is 0 Å². The summed E-state index contributed by atoms with van der Waals surface area (Å²) in [5.41, 5.74) is 5.29. The first-order valence-corrected chi connectivity index (χ1v) is 6.01. The molecule has 0 aromatic rings. The van der Waals surface area contributed by atoms with Gasteiger partial charge in [0.25, 0.3) is 0 Å². The number of carbonyl (C=O) groups excluding carboxylic acids is 1. The Morgan fingerprint density at radius 2 is 2.23 bits per heavy atom. The molecule has 0 atom stereocenters. The van der Waals surface area contributed by atoms with Crippen LogP contribution < -0.4 is 11.1 Å². The van der Waals surface area contributed by atoms with E-state index in [0.717, 1.165) is 18.7 Å². The molecular formula is C9H20N2OS. The van der Waals surface area contributed by atoms with Crippen LogP contribution in [0.25, 0.3) is 0 Å². The Labute approximate surface area is 84.8 Å². The predicted molar refractivity (Wildman–Crippen MR) is 58.7 cm³/mol. The summed E-state index contributed by atoms with van der Waals surface area (Å²) < 4.78 is 0. The fourth-order valence-electron chi connectivity index (χ4n) is 0.939. The van der Waals surface area contributed by atoms with Gasteiger partial charge in [-0.25, -0.2) is 0 Å². The molecule has 13 heavy (non-hydrogen) atoms. The lowest BCUT2D eigenvalue weighted by molar-refractivity contribution is -0.120. The molecule has 0 bridgehead atoms. The zero-order chi connectivity index (χ0) is 9.94. The first kappa shape index (κ1) is 12.8. The van der Waals surface area contributed by atoms with Crippen LogP contribution in [0.1, 0.15) is 32.6 Å². The zero-order valence-electron chi connectivity index (χ0n) is 8.34. The van der Waals surface area contributed by atoms with Crippen LogP contribution in [0.2, 0.25) is 0 Å². The molecule has 0 radical (unpaired) electrons. The molecule has 0 aromatic carbocycles. The first-order chi connectivity index (χ1) is 6.31. The third-order valence-corrected chi connectivity index (χ3v) is 2.42. The number of rotatable bonds is 8. The molecule has 78 valence electrons. The highest BCUT2D eigenvalue weighted by molar-refractivity contribution is 7.99. The van der Waals surface area contributed by atoms with Crippen molar-refractivity contribution in [1.29, 1.82) is 0 Å². The van der Waals surface area contributed by atoms with E-state index in [0.29, 0.717) is 12.3 Å². The van der Waals surface area contributed by atoms with Gasteiger partial charge in [0.2, 0.25) is 5.91 Å². The summed E-state index contributed by atoms with van der Waals surface area (Å²) in [6.07, 6.45) is 4.07. The number of hydrogen-bond donors (Lipinski definition) is 2. The Bertz CT molecular complexity index is 131. The molecule has 0 heterocycles. The minimum Gasteiger partial charge on any atom is -0.356 e. The Kier molecular flexibility index (Phi) is 9.70. The maximum Gasteiger partial charge on any atom is 0.220 e. The summed E-state index contributed by atoms with van der Waals surface area (Å²) >= 11 is 1.60. The molecule has 1 amide bonds. The number of amides is 1. The van der Waals surface area contributed by atoms with Gasteiger partial charge in [-0.05, 0) is 6.42 Å². The lowest BCUT2D eigenvalue weighted by atomic mass is 10.2. The minimum absolute atomic E-state index is 0.150. The van der Waals surface area contributed by atoms with E-state index in [1.807, 2.05) is 0 Å². The molecule has 0 spiro atoms. The number of nitrogens with two attached hydrogens (primary N) is 1. The van der Waals surface area contributed by atoms with Gasteiger partial charge in [-0.2, -0.15) is 0 Å². The van der Waals surface area contributed by atoms with E-state index in [1.165, 1.54) is 12.8 Å². The molecule has 0 aliphatic heterocycles. The minimum atomic E-state index is 0.150. The van der Waals surface area contributed by atoms with E-state index in [2.05, 4.69) is 12.2 Å². The molecule has 0 aliphatic carbocycles. The Hall–Kier alpha value is -0.220. The third kappa shape index (κ3) is 9.70. The van der Waals surface area contributed by atoms with Crippen LogP contribution in [-0.2, 0) is 4.79 Å². The molecule has 0 fully saturated rings. The van der Waals surface area contributed by atoms with Crippen LogP contribution in [0, 0.1) is 0 Å². The van der Waals surface area contributed by atoms with Crippen LogP contribution >= 0.6 is 11.8 Å². The van der Waals surface area contributed by atoms with Gasteiger partial charge in [0.15, 0.2) is 0 Å². The Morgan fingerprint density at radius 1 is 1.46 bits per heavy atom. The maximum atomic E-state index is 11.1. The highest BCUT2D eigenvalue weighted by Gasteiger charge is 1.98. The van der Waals surface area contributed by atoms with Gasteiger partial charge in [-0.15, -0.1) is 11.8 Å². The van der Waals surface area contributed by atoms with E-state index < -0.39 is 0 Å². The standard InChI is InChI=1S/C9H20N2OS/c1-2-3-4-6-11-9(12)5-7-13-8-10/h2-8,10H2,1H3,(H,11,12). The van der Waals surface area contributed by atoms with Crippen LogP contribution in [-0.4, -0.2) is 24.1 Å². The summed E-state index contributed by atoms with van der Waals surface area (Å²) in [5.74, 6) is 1.58. The summed E-state index contributed by atoms with van der Waals surface area (Å²) in [5, 5.41) is 2.88. The van der Waals surface area contributed by atoms with Crippen molar-refractivity contribution >= 4 is 17.7 Å². The number of carbonyl (C=O) groups is 1. The average molecular weight is 204 g/mol. The molecule has 3 nitrogen and oxygen atoms in total. The van der Waals surface area contributed by atoms with E-state index in [4.69, 9.17) is 5.73 Å². The molecule has 0 unspecified atom stereocenters. The second-order valence-electron chi connectivity index (χ2n) is 2.88. The van der Waals surface area contributed by atoms with Crippen molar-refractivity contribution in [2.45, 2.75) is 32.6 Å². The number of nitrogens with one attached hydrogen (secondary N) is 1. The summed E-state index contributed by atoms with van der Waals surface area (Å²) in [4.78, 5) is 11.1. The lowest BCUT2D eigenvalue weighted by Crippen LogP contribution is -2.24. The summed E-state index contributed by atoms with van der Waals surface area (Å²) in [6.45, 7) is 2.97. The first-order valence-electron chi connectivity index (χ1n) is 4.85. The average Bonchev–Trinajstić information content (AvgIpc) is 2.13. The van der Waals surface area contributed by atoms with E-state index in [9.17, 15) is 4.79 Å². The second kappa shape index (κ2) is 9.86. The highest BCUT2D eigenvalue weighted by atomic mass is 32.2. The quantitative estimate of drug-likeness (QED) is 0.463. The van der Waals surface area contributed by atoms with Gasteiger partial charge in [-0.3, -0.25) is 4.79 Å². The van der Waals surface area contributed by atoms with E-state index in [-0.39, 0.29) is 5.91 Å². The maximum absolute atomic E-state index is 11.1. The Morgan fingerprint density at radius 3 is 2.85 bits per heavy atom. The molecule has 0 saturated heterocycles. The zero-order valence-corrected chi connectivity index (χ0v) is 9.16. The summed E-state index contributed by atoms with van der Waals surface area (Å²) in [7, 11) is 0. The van der Waals surface area contributed by atoms with Gasteiger partial charge in [0.05, 0.1) is 0 Å². The molecular weight excluding hydrogens is 184 g/mol. The number of hydrogen-bond acceptors (Lipinski definition) is 3. The fourth-order valence-corrected chi connectivity index (χ4v) is 1.44. The molecule has 0 saturated carbocycles. The van der Waals surface area contributed by atoms with Gasteiger partial charge < -0.3 is 11.1 Å². The fraction of sp³-hybridized carbons (Fsp3) is 0.889. The molecule has 4 heteroatoms. The van der Waals surface area contributed by atoms with Crippen molar-refractivity contribution in [3.05, 3.63) is 0 Å². The van der Waals surface area contributed by atoms with Crippen molar-refractivity contribution in [2.24, 2.45) is 5.73 Å². The lowest BCUT2D eigenvalue weighted by Gasteiger charge is -2.03. The summed E-state index contributed by atoms with van der Waals surface area (Å²) in [6, 6.07) is 0. The SMILES string of the molecule is CCCCCNC(=O)CCSCN. The van der Waals surface area contributed by atoms with Crippen molar-refractivity contribution < 1.29 is 4.79 Å². The van der Waals surface area contributed by atoms with Crippen molar-refractivity contribution in [1.82, 2.24) is 5.32 Å². The second-order valence-corrected chi connectivity index (χ2v) is 4.03. The van der Waals surface area contributed by atoms with Crippen molar-refractivity contribution in [3.63, 3.8) is 0 Å². The highest BCUT2D eigenvalue weighted by Crippen LogP contribution is 1.98. The van der Waals surface area contributed by atoms with Crippen molar-refractivity contribution in [3.8, 4) is 0 Å². The Balaban J connectivity index is 3.11. The van der Waals surface area contributed by atoms with Crippen LogP contribution in [0.5, 0.6) is 0 Å². The predicted octanol–water partition coefficient (Wildman–Crippen LogP) is 1.33. The molecule has 3 N–H and O–H groups in total. The van der Waals surface area contributed by atoms with E-state index in [1.54, 1.807) is 11.8 Å². The van der Waals surface area contributed by atoms with Gasteiger partial charge in [-0.1, -0.05) is 19.8 Å². The largest absolute Gasteiger partial charge is 0.356 e. The van der Waals surface area contributed by atoms with E-state index >= 15 is 0 Å². The van der Waals surface area contributed by atoms with Gasteiger partial charge >= 0.3 is 0 Å². The topological polar surface area (TPSA) is 55.1 Å². The molecule has 0 aromatic heterocycles. The third-order valence-electron chi connectivity index (χ3n) is 1.69. The number of unbranched alkanes of at least 4 members (excludes halogenated alkanes) is 2. The molecule has 0 aliphatic rings.